The Balaban J connectivity index is 1.46. The molecule has 5 heteroatoms. The van der Waals surface area contributed by atoms with Gasteiger partial charge in [0.2, 0.25) is 0 Å². The third-order valence-electron chi connectivity index (χ3n) is 6.41. The van der Waals surface area contributed by atoms with Gasteiger partial charge in [0.15, 0.2) is 0 Å². The Morgan fingerprint density at radius 3 is 2.77 bits per heavy atom. The van der Waals surface area contributed by atoms with Crippen LogP contribution in [0.25, 0.3) is 11.6 Å². The summed E-state index contributed by atoms with van der Waals surface area (Å²) in [5, 5.41) is 0. The Morgan fingerprint density at radius 2 is 2.10 bits per heavy atom. The van der Waals surface area contributed by atoms with E-state index < -0.39 is 0 Å². The number of pyridine rings is 1. The molecule has 31 heavy (non-hydrogen) atoms. The largest absolute Gasteiger partial charge is 0.345 e. The van der Waals surface area contributed by atoms with E-state index in [9.17, 15) is 4.79 Å². The fourth-order valence-corrected chi connectivity index (χ4v) is 4.99. The lowest BCUT2D eigenvalue weighted by molar-refractivity contribution is 0.0827. The van der Waals surface area contributed by atoms with E-state index in [1.807, 2.05) is 24.4 Å². The van der Waals surface area contributed by atoms with E-state index in [0.717, 1.165) is 42.5 Å². The summed E-state index contributed by atoms with van der Waals surface area (Å²) in [4.78, 5) is 21.0. The van der Waals surface area contributed by atoms with Crippen LogP contribution in [0.4, 0.5) is 0 Å². The predicted molar refractivity (Wildman–Crippen MR) is 131 cm³/mol. The quantitative estimate of drug-likeness (QED) is 0.602. The summed E-state index contributed by atoms with van der Waals surface area (Å²) >= 11 is 3.69. The number of halogens is 1. The number of aromatic nitrogens is 1. The molecular weight excluding hydrogens is 450 g/mol. The first-order valence-electron chi connectivity index (χ1n) is 10.9. The minimum Gasteiger partial charge on any atom is -0.345 e. The number of carbonyl (C=O) groups is 1. The zero-order chi connectivity index (χ0) is 22.1. The van der Waals surface area contributed by atoms with Crippen molar-refractivity contribution in [1.82, 2.24) is 14.8 Å². The second kappa shape index (κ2) is 9.09. The number of fused-ring (bicyclic) bond motifs is 1. The highest BCUT2D eigenvalue weighted by Crippen LogP contribution is 2.33. The lowest BCUT2D eigenvalue weighted by Gasteiger charge is -2.31. The minimum atomic E-state index is 0.0525. The summed E-state index contributed by atoms with van der Waals surface area (Å²) in [6.45, 7) is 7.42. The summed E-state index contributed by atoms with van der Waals surface area (Å²) in [5.74, 6) is 0.570. The van der Waals surface area contributed by atoms with Gasteiger partial charge in [0.05, 0.1) is 0 Å². The summed E-state index contributed by atoms with van der Waals surface area (Å²) in [7, 11) is 3.58. The van der Waals surface area contributed by atoms with Crippen LogP contribution >= 0.6 is 15.9 Å². The zero-order valence-electron chi connectivity index (χ0n) is 18.8. The van der Waals surface area contributed by atoms with Gasteiger partial charge in [0.25, 0.3) is 5.91 Å². The van der Waals surface area contributed by atoms with Crippen LogP contribution in [0, 0.1) is 12.8 Å². The summed E-state index contributed by atoms with van der Waals surface area (Å²) in [5.41, 5.74) is 8.50. The molecule has 1 aliphatic carbocycles. The Labute approximate surface area is 193 Å². The molecule has 1 atom stereocenters. The van der Waals surface area contributed by atoms with Crippen molar-refractivity contribution >= 4 is 33.5 Å². The van der Waals surface area contributed by atoms with Crippen molar-refractivity contribution in [2.75, 3.05) is 33.7 Å². The second-order valence-corrected chi connectivity index (χ2v) is 9.78. The smallest absolute Gasteiger partial charge is 0.253 e. The molecule has 0 spiro atoms. The molecule has 0 saturated heterocycles. The maximum atomic E-state index is 12.2. The third kappa shape index (κ3) is 4.68. The summed E-state index contributed by atoms with van der Waals surface area (Å²) in [6, 6.07) is 8.11. The second-order valence-electron chi connectivity index (χ2n) is 8.92. The van der Waals surface area contributed by atoms with Gasteiger partial charge >= 0.3 is 0 Å². The fraction of sp³-hybridized carbons (Fsp3) is 0.385. The first-order chi connectivity index (χ1) is 14.8. The van der Waals surface area contributed by atoms with Gasteiger partial charge in [-0.3, -0.25) is 14.7 Å². The van der Waals surface area contributed by atoms with Gasteiger partial charge in [-0.05, 0) is 60.6 Å². The number of hydrogen-bond donors (Lipinski definition) is 0. The Kier molecular flexibility index (Phi) is 6.44. The number of benzene rings is 1. The summed E-state index contributed by atoms with van der Waals surface area (Å²) < 4.78 is 1.13. The molecule has 1 aromatic heterocycles. The van der Waals surface area contributed by atoms with Crippen molar-refractivity contribution in [3.63, 3.8) is 0 Å². The molecule has 0 N–H and O–H groups in total. The summed E-state index contributed by atoms with van der Waals surface area (Å²) in [6.07, 6.45) is 8.62. The first kappa shape index (κ1) is 22.0. The van der Waals surface area contributed by atoms with Crippen molar-refractivity contribution in [3.8, 4) is 0 Å². The van der Waals surface area contributed by atoms with E-state index >= 15 is 0 Å². The molecule has 162 valence electrons. The number of hydrogen-bond acceptors (Lipinski definition) is 3. The van der Waals surface area contributed by atoms with Crippen molar-refractivity contribution in [1.29, 1.82) is 0 Å². The van der Waals surface area contributed by atoms with E-state index in [2.05, 4.69) is 57.9 Å². The standard InChI is InChI=1S/C26H30BrN3O/c1-17-14-25-23(24(27)7-10-28-25)15-21(17)16-30-11-8-19(9-12-30)22-6-5-20(13-18(22)2)26(31)29(3)4/h5-8,10,13,15,17H,9,11-12,14,16H2,1-4H3. The van der Waals surface area contributed by atoms with Gasteiger partial charge in [0, 0.05) is 61.2 Å². The lowest BCUT2D eigenvalue weighted by atomic mass is 9.86. The normalized spacial score (nSPS) is 18.8. The van der Waals surface area contributed by atoms with Gasteiger partial charge in [-0.15, -0.1) is 0 Å². The maximum absolute atomic E-state index is 12.2. The minimum absolute atomic E-state index is 0.0525. The monoisotopic (exact) mass is 479 g/mol. The number of aryl methyl sites for hydroxylation is 1. The first-order valence-corrected chi connectivity index (χ1v) is 11.7. The molecule has 2 heterocycles. The Bertz CT molecular complexity index is 1070. The van der Waals surface area contributed by atoms with Gasteiger partial charge < -0.3 is 4.90 Å². The zero-order valence-corrected chi connectivity index (χ0v) is 20.4. The number of amides is 1. The third-order valence-corrected chi connectivity index (χ3v) is 7.10. The average molecular weight is 480 g/mol. The molecule has 1 aromatic carbocycles. The van der Waals surface area contributed by atoms with Crippen LogP contribution in [0.15, 0.2) is 46.6 Å². The molecule has 1 aliphatic heterocycles. The highest BCUT2D eigenvalue weighted by Gasteiger charge is 2.23. The Hall–Kier alpha value is -2.24. The van der Waals surface area contributed by atoms with E-state index in [1.165, 1.54) is 33.5 Å². The van der Waals surface area contributed by atoms with Gasteiger partial charge in [0.1, 0.15) is 0 Å². The fourth-order valence-electron chi connectivity index (χ4n) is 4.53. The maximum Gasteiger partial charge on any atom is 0.253 e. The van der Waals surface area contributed by atoms with Crippen LogP contribution in [-0.4, -0.2) is 54.4 Å². The predicted octanol–water partition coefficient (Wildman–Crippen LogP) is 5.22. The molecule has 1 amide bonds. The van der Waals surface area contributed by atoms with Crippen LogP contribution < -0.4 is 0 Å². The molecular formula is C26H30BrN3O. The van der Waals surface area contributed by atoms with Crippen LogP contribution in [-0.2, 0) is 6.42 Å². The molecule has 2 aromatic rings. The molecule has 0 saturated carbocycles. The van der Waals surface area contributed by atoms with E-state index in [-0.39, 0.29) is 5.91 Å². The lowest BCUT2D eigenvalue weighted by Crippen LogP contribution is -2.32. The highest BCUT2D eigenvalue weighted by atomic mass is 79.9. The molecule has 0 bridgehead atoms. The Morgan fingerprint density at radius 1 is 1.29 bits per heavy atom. The highest BCUT2D eigenvalue weighted by molar-refractivity contribution is 9.10. The molecule has 4 rings (SSSR count). The van der Waals surface area contributed by atoms with Gasteiger partial charge in [-0.1, -0.05) is 46.6 Å². The van der Waals surface area contributed by atoms with E-state index in [1.54, 1.807) is 19.0 Å². The molecule has 2 aliphatic rings. The van der Waals surface area contributed by atoms with Gasteiger partial charge in [-0.25, -0.2) is 0 Å². The van der Waals surface area contributed by atoms with Crippen molar-refractivity contribution in [3.05, 3.63) is 74.5 Å². The SMILES string of the molecule is Cc1cc(C(=O)N(C)C)ccc1C1=CCN(CC2=Cc3c(Br)ccnc3CC2C)CC1. The van der Waals surface area contributed by atoms with Gasteiger partial charge in [-0.2, -0.15) is 0 Å². The number of carbonyl (C=O) groups excluding carboxylic acids is 1. The van der Waals surface area contributed by atoms with Crippen LogP contribution in [0.1, 0.15) is 46.1 Å². The van der Waals surface area contributed by atoms with Crippen molar-refractivity contribution in [2.45, 2.75) is 26.7 Å². The van der Waals surface area contributed by atoms with Crippen LogP contribution in [0.2, 0.25) is 0 Å². The number of nitrogens with zero attached hydrogens (tertiary/aromatic N) is 3. The molecule has 0 radical (unpaired) electrons. The topological polar surface area (TPSA) is 36.4 Å². The average Bonchev–Trinajstić information content (AvgIpc) is 2.75. The molecule has 1 unspecified atom stereocenters. The number of rotatable bonds is 4. The van der Waals surface area contributed by atoms with E-state index in [0.29, 0.717) is 5.92 Å². The van der Waals surface area contributed by atoms with Crippen LogP contribution in [0.3, 0.4) is 0 Å². The molecule has 4 nitrogen and oxygen atoms in total. The van der Waals surface area contributed by atoms with Crippen LogP contribution in [0.5, 0.6) is 0 Å². The van der Waals surface area contributed by atoms with Crippen molar-refractivity contribution < 1.29 is 4.79 Å². The molecule has 0 fully saturated rings. The van der Waals surface area contributed by atoms with E-state index in [4.69, 9.17) is 0 Å². The van der Waals surface area contributed by atoms with Crippen molar-refractivity contribution in [2.24, 2.45) is 5.92 Å².